The Bertz CT molecular complexity index is 540. The van der Waals surface area contributed by atoms with E-state index in [1.165, 1.54) is 18.2 Å². The van der Waals surface area contributed by atoms with Crippen molar-refractivity contribution < 1.29 is 14.3 Å². The fourth-order valence-electron chi connectivity index (χ4n) is 1.84. The number of Topliss-reactive ketones (excluding diaryl/α,β-unsaturated/α-hetero) is 1. The van der Waals surface area contributed by atoms with E-state index in [1.807, 2.05) is 0 Å². The lowest BCUT2D eigenvalue weighted by Gasteiger charge is -2.16. The summed E-state index contributed by atoms with van der Waals surface area (Å²) < 4.78 is 13.0. The molecule has 5 heteroatoms. The number of thiocarbonyl (C=S) groups is 1. The lowest BCUT2D eigenvalue weighted by molar-refractivity contribution is -0.115. The molecule has 0 bridgehead atoms. The third-order valence-electron chi connectivity index (χ3n) is 2.69. The first-order valence-electron chi connectivity index (χ1n) is 5.60. The topological polar surface area (TPSA) is 49.3 Å². The first-order valence-corrected chi connectivity index (χ1v) is 6.01. The first-order chi connectivity index (χ1) is 8.58. The second kappa shape index (κ2) is 5.27. The molecule has 0 saturated heterocycles. The third kappa shape index (κ3) is 2.73. The number of benzene rings is 1. The molecular weight excluding hydrogens is 253 g/mol. The summed E-state index contributed by atoms with van der Waals surface area (Å²) in [6.07, 6.45) is 1.47. The molecule has 18 heavy (non-hydrogen) atoms. The Morgan fingerprint density at radius 3 is 2.83 bits per heavy atom. The molecule has 0 aromatic heterocycles. The largest absolute Gasteiger partial charge is 0.511 e. The number of anilines is 1. The van der Waals surface area contributed by atoms with Gasteiger partial charge in [-0.1, -0.05) is 18.3 Å². The molecule has 1 aromatic carbocycles. The maximum absolute atomic E-state index is 13.0. The Morgan fingerprint density at radius 1 is 1.39 bits per heavy atom. The fraction of sp³-hybridized carbons (Fsp3) is 0.231. The maximum atomic E-state index is 13.0. The van der Waals surface area contributed by atoms with Gasteiger partial charge in [-0.05, 0) is 24.6 Å². The van der Waals surface area contributed by atoms with Crippen LogP contribution in [0.15, 0.2) is 35.6 Å². The quantitative estimate of drug-likeness (QED) is 0.807. The van der Waals surface area contributed by atoms with Gasteiger partial charge in [-0.25, -0.2) is 4.39 Å². The molecule has 0 spiro atoms. The number of hydrogen-bond donors (Lipinski definition) is 2. The van der Waals surface area contributed by atoms with Gasteiger partial charge in [0.15, 0.2) is 5.78 Å². The van der Waals surface area contributed by atoms with Crippen LogP contribution in [0.2, 0.25) is 0 Å². The summed E-state index contributed by atoms with van der Waals surface area (Å²) in [7, 11) is 0. The second-order valence-electron chi connectivity index (χ2n) is 4.06. The van der Waals surface area contributed by atoms with Crippen molar-refractivity contribution >= 4 is 28.7 Å². The summed E-state index contributed by atoms with van der Waals surface area (Å²) in [5, 5.41) is 12.5. The molecule has 1 aliphatic rings. The fourth-order valence-corrected chi connectivity index (χ4v) is 2.19. The number of nitrogens with one attached hydrogen (secondary N) is 1. The molecule has 0 radical (unpaired) electrons. The van der Waals surface area contributed by atoms with Gasteiger partial charge in [-0.3, -0.25) is 4.79 Å². The zero-order valence-electron chi connectivity index (χ0n) is 9.57. The number of rotatable bonds is 2. The van der Waals surface area contributed by atoms with Crippen LogP contribution >= 0.6 is 12.2 Å². The van der Waals surface area contributed by atoms with Gasteiger partial charge < -0.3 is 10.4 Å². The molecule has 0 saturated carbocycles. The van der Waals surface area contributed by atoms with Crippen LogP contribution in [0.25, 0.3) is 0 Å². The van der Waals surface area contributed by atoms with Gasteiger partial charge in [0.1, 0.15) is 16.6 Å². The van der Waals surface area contributed by atoms with Crippen molar-refractivity contribution in [3.8, 4) is 0 Å². The third-order valence-corrected chi connectivity index (χ3v) is 3.00. The van der Waals surface area contributed by atoms with Crippen molar-refractivity contribution in [2.75, 3.05) is 5.32 Å². The van der Waals surface area contributed by atoms with E-state index in [4.69, 9.17) is 12.2 Å². The van der Waals surface area contributed by atoms with Gasteiger partial charge in [0.25, 0.3) is 0 Å². The highest BCUT2D eigenvalue weighted by molar-refractivity contribution is 7.81. The highest BCUT2D eigenvalue weighted by Crippen LogP contribution is 2.22. The van der Waals surface area contributed by atoms with E-state index in [-0.39, 0.29) is 22.1 Å². The normalized spacial score (nSPS) is 15.7. The predicted molar refractivity (Wildman–Crippen MR) is 71.1 cm³/mol. The van der Waals surface area contributed by atoms with Crippen LogP contribution in [0.3, 0.4) is 0 Å². The Hall–Kier alpha value is -1.75. The summed E-state index contributed by atoms with van der Waals surface area (Å²) in [5.74, 6) is -0.552. The van der Waals surface area contributed by atoms with Crippen LogP contribution in [0.5, 0.6) is 0 Å². The van der Waals surface area contributed by atoms with E-state index in [0.717, 1.165) is 0 Å². The molecule has 0 atom stereocenters. The predicted octanol–water partition coefficient (Wildman–Crippen LogP) is 3.13. The lowest BCUT2D eigenvalue weighted by Crippen LogP contribution is -2.23. The highest BCUT2D eigenvalue weighted by Gasteiger charge is 2.23. The molecule has 0 unspecified atom stereocenters. The van der Waals surface area contributed by atoms with Crippen molar-refractivity contribution in [1.82, 2.24) is 0 Å². The average Bonchev–Trinajstić information content (AvgIpc) is 2.28. The van der Waals surface area contributed by atoms with Gasteiger partial charge in [0.2, 0.25) is 0 Å². The second-order valence-corrected chi connectivity index (χ2v) is 4.47. The molecule has 2 rings (SSSR count). The van der Waals surface area contributed by atoms with Crippen LogP contribution in [0.1, 0.15) is 19.3 Å². The first kappa shape index (κ1) is 12.7. The van der Waals surface area contributed by atoms with Gasteiger partial charge in [-0.15, -0.1) is 0 Å². The van der Waals surface area contributed by atoms with Crippen molar-refractivity contribution in [3.63, 3.8) is 0 Å². The Kier molecular flexibility index (Phi) is 3.72. The molecule has 0 heterocycles. The molecule has 1 aromatic rings. The zero-order chi connectivity index (χ0) is 13.1. The Morgan fingerprint density at radius 2 is 2.17 bits per heavy atom. The van der Waals surface area contributed by atoms with Crippen LogP contribution < -0.4 is 5.32 Å². The smallest absolute Gasteiger partial charge is 0.169 e. The molecule has 0 amide bonds. The minimum Gasteiger partial charge on any atom is -0.511 e. The van der Waals surface area contributed by atoms with Crippen molar-refractivity contribution in [1.29, 1.82) is 0 Å². The standard InChI is InChI=1S/C13H12FNO2S/c14-8-3-1-4-9(7-8)15-13(18)12-10(16)5-2-6-11(12)17/h1,3-4,7,16H,2,5-6H2,(H,15,18). The number of aliphatic hydroxyl groups is 1. The summed E-state index contributed by atoms with van der Waals surface area (Å²) in [5.41, 5.74) is 0.610. The Balaban J connectivity index is 2.20. The number of allylic oxidation sites excluding steroid dienone is 1. The van der Waals surface area contributed by atoms with E-state index in [0.29, 0.717) is 24.9 Å². The summed E-state index contributed by atoms with van der Waals surface area (Å²) in [6, 6.07) is 5.77. The molecule has 3 nitrogen and oxygen atoms in total. The number of hydrogen-bond acceptors (Lipinski definition) is 3. The van der Waals surface area contributed by atoms with E-state index < -0.39 is 5.82 Å². The number of aliphatic hydroxyl groups excluding tert-OH is 1. The molecule has 1 aliphatic carbocycles. The molecule has 2 N–H and O–H groups in total. The van der Waals surface area contributed by atoms with E-state index in [9.17, 15) is 14.3 Å². The van der Waals surface area contributed by atoms with Crippen LogP contribution in [0, 0.1) is 5.82 Å². The number of ketones is 1. The monoisotopic (exact) mass is 265 g/mol. The van der Waals surface area contributed by atoms with E-state index in [2.05, 4.69) is 5.32 Å². The number of halogens is 1. The lowest BCUT2D eigenvalue weighted by atomic mass is 9.96. The minimum absolute atomic E-state index is 0.0140. The van der Waals surface area contributed by atoms with Gasteiger partial charge in [0, 0.05) is 18.5 Å². The molecule has 0 fully saturated rings. The number of carbonyl (C=O) groups is 1. The van der Waals surface area contributed by atoms with Gasteiger partial charge in [-0.2, -0.15) is 0 Å². The maximum Gasteiger partial charge on any atom is 0.169 e. The Labute approximate surface area is 109 Å². The van der Waals surface area contributed by atoms with Crippen LogP contribution in [-0.2, 0) is 4.79 Å². The van der Waals surface area contributed by atoms with Crippen LogP contribution in [0.4, 0.5) is 10.1 Å². The SMILES string of the molecule is O=C1CCCC(O)=C1C(=S)Nc1cccc(F)c1. The van der Waals surface area contributed by atoms with Crippen molar-refractivity contribution in [2.45, 2.75) is 19.3 Å². The van der Waals surface area contributed by atoms with Gasteiger partial charge in [0.05, 0.1) is 5.57 Å². The number of carbonyl (C=O) groups excluding carboxylic acids is 1. The summed E-state index contributed by atoms with van der Waals surface area (Å²) in [6.45, 7) is 0. The summed E-state index contributed by atoms with van der Waals surface area (Å²) >= 11 is 5.08. The minimum atomic E-state index is -0.393. The molecule has 94 valence electrons. The van der Waals surface area contributed by atoms with Crippen molar-refractivity contribution in [2.24, 2.45) is 0 Å². The highest BCUT2D eigenvalue weighted by atomic mass is 32.1. The molecular formula is C13H12FNO2S. The van der Waals surface area contributed by atoms with E-state index in [1.54, 1.807) is 6.07 Å². The van der Waals surface area contributed by atoms with E-state index >= 15 is 0 Å². The average molecular weight is 265 g/mol. The van der Waals surface area contributed by atoms with Gasteiger partial charge >= 0.3 is 0 Å². The zero-order valence-corrected chi connectivity index (χ0v) is 10.4. The molecule has 0 aliphatic heterocycles. The summed E-state index contributed by atoms with van der Waals surface area (Å²) in [4.78, 5) is 11.8. The van der Waals surface area contributed by atoms with Crippen LogP contribution in [-0.4, -0.2) is 15.9 Å². The van der Waals surface area contributed by atoms with Crippen molar-refractivity contribution in [3.05, 3.63) is 41.4 Å².